The van der Waals surface area contributed by atoms with Crippen molar-refractivity contribution in [2.75, 3.05) is 13.2 Å². The van der Waals surface area contributed by atoms with E-state index in [0.717, 1.165) is 17.7 Å². The third-order valence-corrected chi connectivity index (χ3v) is 5.69. The summed E-state index contributed by atoms with van der Waals surface area (Å²) in [5.74, 6) is 1.40. The summed E-state index contributed by atoms with van der Waals surface area (Å²) in [4.78, 5) is 18.4. The summed E-state index contributed by atoms with van der Waals surface area (Å²) >= 11 is 1.59. The molecule has 1 aliphatic rings. The first kappa shape index (κ1) is 18.1. The maximum Gasteiger partial charge on any atom is 0.249 e. The van der Waals surface area contributed by atoms with E-state index in [-0.39, 0.29) is 29.7 Å². The predicted molar refractivity (Wildman–Crippen MR) is 95.5 cm³/mol. The monoisotopic (exact) mass is 363 g/mol. The van der Waals surface area contributed by atoms with Gasteiger partial charge in [-0.05, 0) is 37.1 Å². The Hall–Kier alpha value is -1.73. The zero-order valence-corrected chi connectivity index (χ0v) is 15.7. The molecular weight excluding hydrogens is 338 g/mol. The van der Waals surface area contributed by atoms with E-state index in [2.05, 4.69) is 15.5 Å². The summed E-state index contributed by atoms with van der Waals surface area (Å²) in [7, 11) is 0. The minimum atomic E-state index is -0.265. The van der Waals surface area contributed by atoms with Crippen LogP contribution >= 0.6 is 11.3 Å². The molecule has 6 nitrogen and oxygen atoms in total. The van der Waals surface area contributed by atoms with Crippen molar-refractivity contribution in [2.45, 2.75) is 51.5 Å². The molecule has 0 radical (unpaired) electrons. The van der Waals surface area contributed by atoms with Crippen molar-refractivity contribution in [3.63, 3.8) is 0 Å². The molecule has 7 heteroatoms. The van der Waals surface area contributed by atoms with Crippen molar-refractivity contribution in [3.8, 4) is 0 Å². The number of nitrogens with one attached hydrogen (secondary N) is 1. The van der Waals surface area contributed by atoms with Gasteiger partial charge >= 0.3 is 0 Å². The van der Waals surface area contributed by atoms with Crippen LogP contribution in [0.5, 0.6) is 0 Å². The maximum absolute atomic E-state index is 12.8. The smallest absolute Gasteiger partial charge is 0.249 e. The molecule has 2 atom stereocenters. The Morgan fingerprint density at radius 2 is 2.08 bits per heavy atom. The lowest BCUT2D eigenvalue weighted by Crippen LogP contribution is -2.38. The van der Waals surface area contributed by atoms with E-state index in [9.17, 15) is 4.79 Å². The van der Waals surface area contributed by atoms with Crippen LogP contribution in [-0.4, -0.2) is 29.3 Å². The first-order chi connectivity index (χ1) is 12.1. The molecule has 0 aliphatic carbocycles. The van der Waals surface area contributed by atoms with E-state index < -0.39 is 0 Å². The Morgan fingerprint density at radius 3 is 2.68 bits per heavy atom. The fourth-order valence-corrected chi connectivity index (χ4v) is 3.77. The Bertz CT molecular complexity index is 678. The summed E-state index contributed by atoms with van der Waals surface area (Å²) in [5.41, 5.74) is 0. The van der Waals surface area contributed by atoms with Gasteiger partial charge in [0.1, 0.15) is 6.04 Å². The van der Waals surface area contributed by atoms with Crippen LogP contribution in [0.2, 0.25) is 0 Å². The molecule has 1 amide bonds. The Kier molecular flexibility index (Phi) is 5.86. The van der Waals surface area contributed by atoms with Gasteiger partial charge in [-0.3, -0.25) is 4.79 Å². The standard InChI is InChI=1S/C18H25N3O3S/c1-11(2)16-20-18(24-21-16)15(13-6-8-23-9-7-13)19-17(22)12(3)14-5-4-10-25-14/h4-5,10-13,15H,6-9H2,1-3H3,(H,19,22)/t12-,15-/m0/s1. The third kappa shape index (κ3) is 4.27. The molecule has 2 aromatic rings. The number of hydrogen-bond donors (Lipinski definition) is 1. The van der Waals surface area contributed by atoms with Crippen molar-refractivity contribution in [3.05, 3.63) is 34.1 Å². The van der Waals surface area contributed by atoms with Crippen LogP contribution in [0.15, 0.2) is 22.0 Å². The minimum absolute atomic E-state index is 0.0109. The zero-order valence-electron chi connectivity index (χ0n) is 14.9. The molecule has 0 bridgehead atoms. The van der Waals surface area contributed by atoms with E-state index in [1.54, 1.807) is 11.3 Å². The second kappa shape index (κ2) is 8.10. The largest absolute Gasteiger partial charge is 0.381 e. The van der Waals surface area contributed by atoms with Crippen molar-refractivity contribution >= 4 is 17.2 Å². The number of carbonyl (C=O) groups is 1. The average molecular weight is 363 g/mol. The van der Waals surface area contributed by atoms with Gasteiger partial charge in [-0.1, -0.05) is 25.1 Å². The summed E-state index contributed by atoms with van der Waals surface area (Å²) in [6, 6.07) is 3.69. The number of amides is 1. The molecule has 1 saturated heterocycles. The van der Waals surface area contributed by atoms with Crippen LogP contribution < -0.4 is 5.32 Å². The van der Waals surface area contributed by atoms with Gasteiger partial charge < -0.3 is 14.6 Å². The summed E-state index contributed by atoms with van der Waals surface area (Å²) in [5, 5.41) is 9.21. The van der Waals surface area contributed by atoms with Crippen LogP contribution in [0.25, 0.3) is 0 Å². The molecular formula is C18H25N3O3S. The van der Waals surface area contributed by atoms with E-state index in [1.165, 1.54) is 0 Å². The quantitative estimate of drug-likeness (QED) is 0.848. The molecule has 3 rings (SSSR count). The number of carbonyl (C=O) groups excluding carboxylic acids is 1. The highest BCUT2D eigenvalue weighted by atomic mass is 32.1. The lowest BCUT2D eigenvalue weighted by Gasteiger charge is -2.29. The van der Waals surface area contributed by atoms with Crippen LogP contribution in [0.1, 0.15) is 68.1 Å². The van der Waals surface area contributed by atoms with Gasteiger partial charge in [0.25, 0.3) is 0 Å². The number of aromatic nitrogens is 2. The molecule has 25 heavy (non-hydrogen) atoms. The second-order valence-corrected chi connectivity index (χ2v) is 7.80. The molecule has 1 aliphatic heterocycles. The molecule has 0 unspecified atom stereocenters. The van der Waals surface area contributed by atoms with Gasteiger partial charge in [-0.15, -0.1) is 11.3 Å². The average Bonchev–Trinajstić information content (AvgIpc) is 3.31. The second-order valence-electron chi connectivity index (χ2n) is 6.82. The van der Waals surface area contributed by atoms with Crippen molar-refractivity contribution in [1.82, 2.24) is 15.5 Å². The number of rotatable bonds is 6. The van der Waals surface area contributed by atoms with Crippen molar-refractivity contribution in [1.29, 1.82) is 0 Å². The molecule has 0 spiro atoms. The number of thiophene rings is 1. The summed E-state index contributed by atoms with van der Waals surface area (Å²) in [6.07, 6.45) is 1.75. The SMILES string of the molecule is CC(C)c1noc([C@@H](NC(=O)[C@@H](C)c2cccs2)C2CCOCC2)n1. The first-order valence-corrected chi connectivity index (χ1v) is 9.69. The van der Waals surface area contributed by atoms with E-state index in [0.29, 0.717) is 24.9 Å². The molecule has 2 aromatic heterocycles. The lowest BCUT2D eigenvalue weighted by atomic mass is 9.91. The van der Waals surface area contributed by atoms with E-state index in [1.807, 2.05) is 38.3 Å². The molecule has 1 N–H and O–H groups in total. The lowest BCUT2D eigenvalue weighted by molar-refractivity contribution is -0.123. The van der Waals surface area contributed by atoms with Crippen molar-refractivity contribution in [2.24, 2.45) is 5.92 Å². The van der Waals surface area contributed by atoms with Crippen LogP contribution in [0.3, 0.4) is 0 Å². The van der Waals surface area contributed by atoms with Gasteiger partial charge in [-0.2, -0.15) is 4.98 Å². The first-order valence-electron chi connectivity index (χ1n) is 8.81. The highest BCUT2D eigenvalue weighted by molar-refractivity contribution is 7.10. The third-order valence-electron chi connectivity index (χ3n) is 4.64. The van der Waals surface area contributed by atoms with Gasteiger partial charge in [0.05, 0.1) is 5.92 Å². The van der Waals surface area contributed by atoms with Gasteiger partial charge in [-0.25, -0.2) is 0 Å². The van der Waals surface area contributed by atoms with Crippen LogP contribution in [0.4, 0.5) is 0 Å². The van der Waals surface area contributed by atoms with Gasteiger partial charge in [0, 0.05) is 24.0 Å². The summed E-state index contributed by atoms with van der Waals surface area (Å²) < 4.78 is 11.0. The Morgan fingerprint density at radius 1 is 1.32 bits per heavy atom. The van der Waals surface area contributed by atoms with Gasteiger partial charge in [0.2, 0.25) is 11.8 Å². The number of hydrogen-bond acceptors (Lipinski definition) is 6. The molecule has 3 heterocycles. The predicted octanol–water partition coefficient (Wildman–Crippen LogP) is 3.64. The van der Waals surface area contributed by atoms with E-state index >= 15 is 0 Å². The van der Waals surface area contributed by atoms with Gasteiger partial charge in [0.15, 0.2) is 5.82 Å². The molecule has 136 valence electrons. The zero-order chi connectivity index (χ0) is 17.8. The van der Waals surface area contributed by atoms with Crippen LogP contribution in [-0.2, 0) is 9.53 Å². The fraction of sp³-hybridized carbons (Fsp3) is 0.611. The highest BCUT2D eigenvalue weighted by Gasteiger charge is 2.33. The van der Waals surface area contributed by atoms with Crippen LogP contribution in [0, 0.1) is 5.92 Å². The Balaban J connectivity index is 1.79. The van der Waals surface area contributed by atoms with E-state index in [4.69, 9.17) is 9.26 Å². The normalized spacial score (nSPS) is 18.2. The topological polar surface area (TPSA) is 77.2 Å². The summed E-state index contributed by atoms with van der Waals surface area (Å²) in [6.45, 7) is 7.37. The fourth-order valence-electron chi connectivity index (χ4n) is 2.98. The van der Waals surface area contributed by atoms with Crippen molar-refractivity contribution < 1.29 is 14.1 Å². The Labute approximate surface area is 152 Å². The minimum Gasteiger partial charge on any atom is -0.381 e. The number of ether oxygens (including phenoxy) is 1. The highest BCUT2D eigenvalue weighted by Crippen LogP contribution is 2.31. The number of nitrogens with zero attached hydrogens (tertiary/aromatic N) is 2. The molecule has 0 aromatic carbocycles. The molecule has 1 fully saturated rings. The molecule has 0 saturated carbocycles. The maximum atomic E-state index is 12.8.